The van der Waals surface area contributed by atoms with Crippen LogP contribution in [0.1, 0.15) is 18.9 Å². The number of hydrogen-bond donors (Lipinski definition) is 3. The highest BCUT2D eigenvalue weighted by Gasteiger charge is 2.15. The van der Waals surface area contributed by atoms with Crippen LogP contribution in [0.3, 0.4) is 0 Å². The molecule has 100 valence electrons. The van der Waals surface area contributed by atoms with Crippen molar-refractivity contribution in [3.05, 3.63) is 29.8 Å². The Labute approximate surface area is 107 Å². The SMILES string of the molecule is CCCNC(COc1ccccc1CO)C(N)=O. The molecule has 0 saturated carbocycles. The number of carbonyl (C=O) groups is 1. The third-order valence-electron chi connectivity index (χ3n) is 2.53. The fourth-order valence-corrected chi connectivity index (χ4v) is 1.51. The normalized spacial score (nSPS) is 12.1. The Morgan fingerprint density at radius 2 is 2.22 bits per heavy atom. The first-order valence-electron chi connectivity index (χ1n) is 6.03. The van der Waals surface area contributed by atoms with E-state index in [-0.39, 0.29) is 13.2 Å². The van der Waals surface area contributed by atoms with Gasteiger partial charge in [0.05, 0.1) is 6.61 Å². The summed E-state index contributed by atoms with van der Waals surface area (Å²) in [6.07, 6.45) is 0.914. The van der Waals surface area contributed by atoms with E-state index in [2.05, 4.69) is 5.32 Å². The van der Waals surface area contributed by atoms with Crippen molar-refractivity contribution in [1.29, 1.82) is 0 Å². The van der Waals surface area contributed by atoms with Crippen LogP contribution in [0.2, 0.25) is 0 Å². The van der Waals surface area contributed by atoms with E-state index < -0.39 is 11.9 Å². The molecule has 0 radical (unpaired) electrons. The molecular formula is C13H20N2O3. The summed E-state index contributed by atoms with van der Waals surface area (Å²) in [5.74, 6) is 0.134. The van der Waals surface area contributed by atoms with Gasteiger partial charge in [0.15, 0.2) is 0 Å². The minimum Gasteiger partial charge on any atom is -0.491 e. The molecule has 0 heterocycles. The molecule has 0 fully saturated rings. The van der Waals surface area contributed by atoms with Gasteiger partial charge in [-0.25, -0.2) is 0 Å². The number of hydrogen-bond acceptors (Lipinski definition) is 4. The minimum atomic E-state index is -0.517. The molecule has 0 aliphatic rings. The predicted molar refractivity (Wildman–Crippen MR) is 69.1 cm³/mol. The van der Waals surface area contributed by atoms with E-state index in [0.717, 1.165) is 6.42 Å². The second-order valence-electron chi connectivity index (χ2n) is 3.99. The molecule has 0 aromatic heterocycles. The van der Waals surface area contributed by atoms with Gasteiger partial charge in [-0.3, -0.25) is 4.79 Å². The molecular weight excluding hydrogens is 232 g/mol. The average Bonchev–Trinajstić information content (AvgIpc) is 2.38. The van der Waals surface area contributed by atoms with Crippen molar-refractivity contribution in [3.63, 3.8) is 0 Å². The number of amides is 1. The van der Waals surface area contributed by atoms with Gasteiger partial charge >= 0.3 is 0 Å². The van der Waals surface area contributed by atoms with Crippen LogP contribution in [0.4, 0.5) is 0 Å². The zero-order chi connectivity index (χ0) is 13.4. The molecule has 5 nitrogen and oxygen atoms in total. The molecule has 5 heteroatoms. The minimum absolute atomic E-state index is 0.0974. The topological polar surface area (TPSA) is 84.6 Å². The summed E-state index contributed by atoms with van der Waals surface area (Å²) in [6.45, 7) is 2.78. The van der Waals surface area contributed by atoms with Crippen LogP contribution in [-0.2, 0) is 11.4 Å². The van der Waals surface area contributed by atoms with Crippen molar-refractivity contribution in [3.8, 4) is 5.75 Å². The van der Waals surface area contributed by atoms with Crippen LogP contribution in [0.15, 0.2) is 24.3 Å². The number of primary amides is 1. The lowest BCUT2D eigenvalue weighted by Gasteiger charge is -2.17. The molecule has 1 aromatic carbocycles. The van der Waals surface area contributed by atoms with Crippen molar-refractivity contribution < 1.29 is 14.6 Å². The highest BCUT2D eigenvalue weighted by molar-refractivity contribution is 5.80. The highest BCUT2D eigenvalue weighted by Crippen LogP contribution is 2.17. The predicted octanol–water partition coefficient (Wildman–Crippen LogP) is 0.411. The van der Waals surface area contributed by atoms with Gasteiger partial charge in [0.25, 0.3) is 0 Å². The van der Waals surface area contributed by atoms with E-state index in [4.69, 9.17) is 15.6 Å². The first-order chi connectivity index (χ1) is 8.69. The maximum atomic E-state index is 11.2. The lowest BCUT2D eigenvalue weighted by molar-refractivity contribution is -0.120. The zero-order valence-electron chi connectivity index (χ0n) is 10.6. The molecule has 18 heavy (non-hydrogen) atoms. The molecule has 0 bridgehead atoms. The first kappa shape index (κ1) is 14.5. The fourth-order valence-electron chi connectivity index (χ4n) is 1.51. The van der Waals surface area contributed by atoms with Crippen LogP contribution in [0.25, 0.3) is 0 Å². The van der Waals surface area contributed by atoms with Crippen LogP contribution in [-0.4, -0.2) is 30.2 Å². The number of benzene rings is 1. The number of nitrogens with one attached hydrogen (secondary N) is 1. The second kappa shape index (κ2) is 7.68. The molecule has 1 atom stereocenters. The van der Waals surface area contributed by atoms with Crippen LogP contribution in [0, 0.1) is 0 Å². The first-order valence-corrected chi connectivity index (χ1v) is 6.03. The van der Waals surface area contributed by atoms with Crippen molar-refractivity contribution in [1.82, 2.24) is 5.32 Å². The molecule has 0 saturated heterocycles. The van der Waals surface area contributed by atoms with Gasteiger partial charge in [0.2, 0.25) is 5.91 Å². The standard InChI is InChI=1S/C13H20N2O3/c1-2-7-15-11(13(14)17)9-18-12-6-4-3-5-10(12)8-16/h3-6,11,15-16H,2,7-9H2,1H3,(H2,14,17). The number of ether oxygens (including phenoxy) is 1. The Morgan fingerprint density at radius 1 is 1.50 bits per heavy atom. The van der Waals surface area contributed by atoms with Gasteiger partial charge in [-0.1, -0.05) is 25.1 Å². The number of rotatable bonds is 8. The van der Waals surface area contributed by atoms with Crippen LogP contribution >= 0.6 is 0 Å². The average molecular weight is 252 g/mol. The highest BCUT2D eigenvalue weighted by atomic mass is 16.5. The van der Waals surface area contributed by atoms with E-state index >= 15 is 0 Å². The van der Waals surface area contributed by atoms with E-state index in [1.54, 1.807) is 12.1 Å². The number of para-hydroxylation sites is 1. The maximum absolute atomic E-state index is 11.2. The molecule has 0 aliphatic heterocycles. The number of aliphatic hydroxyl groups excluding tert-OH is 1. The molecule has 1 rings (SSSR count). The van der Waals surface area contributed by atoms with Crippen LogP contribution < -0.4 is 15.8 Å². The van der Waals surface area contributed by atoms with Crippen molar-refractivity contribution in [2.45, 2.75) is 26.0 Å². The van der Waals surface area contributed by atoms with Gasteiger partial charge in [0.1, 0.15) is 18.4 Å². The summed E-state index contributed by atoms with van der Waals surface area (Å²) in [5, 5.41) is 12.2. The zero-order valence-corrected chi connectivity index (χ0v) is 10.6. The third kappa shape index (κ3) is 4.35. The van der Waals surface area contributed by atoms with E-state index in [1.165, 1.54) is 0 Å². The quantitative estimate of drug-likeness (QED) is 0.625. The van der Waals surface area contributed by atoms with Crippen molar-refractivity contribution in [2.75, 3.05) is 13.2 Å². The molecule has 1 aromatic rings. The summed E-state index contributed by atoms with van der Waals surface area (Å²) in [4.78, 5) is 11.2. The summed E-state index contributed by atoms with van der Waals surface area (Å²) in [7, 11) is 0. The Hall–Kier alpha value is -1.59. The summed E-state index contributed by atoms with van der Waals surface area (Å²) >= 11 is 0. The van der Waals surface area contributed by atoms with E-state index in [9.17, 15) is 4.79 Å². The van der Waals surface area contributed by atoms with Gasteiger partial charge in [0, 0.05) is 5.56 Å². The smallest absolute Gasteiger partial charge is 0.238 e. The summed E-state index contributed by atoms with van der Waals surface area (Å²) < 4.78 is 5.53. The van der Waals surface area contributed by atoms with Crippen LogP contribution in [0.5, 0.6) is 5.75 Å². The van der Waals surface area contributed by atoms with Gasteiger partial charge in [-0.15, -0.1) is 0 Å². The maximum Gasteiger partial charge on any atom is 0.238 e. The Bertz CT molecular complexity index is 382. The number of aliphatic hydroxyl groups is 1. The molecule has 0 spiro atoms. The van der Waals surface area contributed by atoms with Gasteiger partial charge < -0.3 is 20.9 Å². The summed E-state index contributed by atoms with van der Waals surface area (Å²) in [5.41, 5.74) is 5.97. The van der Waals surface area contributed by atoms with E-state index in [1.807, 2.05) is 19.1 Å². The fraction of sp³-hybridized carbons (Fsp3) is 0.462. The van der Waals surface area contributed by atoms with E-state index in [0.29, 0.717) is 17.9 Å². The molecule has 0 aliphatic carbocycles. The third-order valence-corrected chi connectivity index (χ3v) is 2.53. The largest absolute Gasteiger partial charge is 0.491 e. The lowest BCUT2D eigenvalue weighted by Crippen LogP contribution is -2.45. The lowest BCUT2D eigenvalue weighted by atomic mass is 10.2. The Morgan fingerprint density at radius 3 is 2.83 bits per heavy atom. The second-order valence-corrected chi connectivity index (χ2v) is 3.99. The summed E-state index contributed by atoms with van der Waals surface area (Å²) in [6, 6.07) is 6.64. The van der Waals surface area contributed by atoms with Gasteiger partial charge in [-0.05, 0) is 19.0 Å². The number of carbonyl (C=O) groups excluding carboxylic acids is 1. The molecule has 1 unspecified atom stereocenters. The monoisotopic (exact) mass is 252 g/mol. The van der Waals surface area contributed by atoms with Crippen molar-refractivity contribution in [2.24, 2.45) is 5.73 Å². The van der Waals surface area contributed by atoms with Crippen molar-refractivity contribution >= 4 is 5.91 Å². The Balaban J connectivity index is 2.58. The molecule has 1 amide bonds. The van der Waals surface area contributed by atoms with Gasteiger partial charge in [-0.2, -0.15) is 0 Å². The number of nitrogens with two attached hydrogens (primary N) is 1. The Kier molecular flexibility index (Phi) is 6.18. The molecule has 4 N–H and O–H groups in total.